The molecule has 1 radical (unpaired) electrons. The van der Waals surface area contributed by atoms with E-state index in [0.29, 0.717) is 0 Å². The number of hydrogen-bond donors (Lipinski definition) is 0. The van der Waals surface area contributed by atoms with Crippen LogP contribution in [0.2, 0.25) is 0 Å². The molecule has 29 heavy (non-hydrogen) atoms. The first kappa shape index (κ1) is 19.7. The zero-order valence-electron chi connectivity index (χ0n) is 17.9. The van der Waals surface area contributed by atoms with E-state index in [9.17, 15) is 0 Å². The van der Waals surface area contributed by atoms with Crippen LogP contribution in [0.25, 0.3) is 5.57 Å². The predicted octanol–water partition coefficient (Wildman–Crippen LogP) is 5.97. The average molecular weight is 394 g/mol. The zero-order valence-corrected chi connectivity index (χ0v) is 18.9. The molecule has 3 aromatic rings. The van der Waals surface area contributed by atoms with Gasteiger partial charge >= 0.3 is 0 Å². The Kier molecular flexibility index (Phi) is 5.43. The molecular weight excluding hydrogens is 364 g/mol. The van der Waals surface area contributed by atoms with Crippen LogP contribution >= 0.6 is 0 Å². The standard InChI is InChI=1S/C28H29Si/c1-21-12-11-13-22(20-21)25-18-19-26(27(25)28(2,3)4)29(23-14-7-5-8-15-23)24-16-9-6-10-17-24/h5-17,19-20H,18H2,1-4H3. The highest BCUT2D eigenvalue weighted by molar-refractivity contribution is 6.91. The topological polar surface area (TPSA) is 0 Å². The Hall–Kier alpha value is -2.64. The van der Waals surface area contributed by atoms with Crippen LogP contribution in [-0.2, 0) is 0 Å². The molecule has 0 aliphatic heterocycles. The van der Waals surface area contributed by atoms with Gasteiger partial charge in [-0.25, -0.2) is 0 Å². The Labute approximate surface area is 177 Å². The van der Waals surface area contributed by atoms with Crippen molar-refractivity contribution < 1.29 is 0 Å². The summed E-state index contributed by atoms with van der Waals surface area (Å²) in [4.78, 5) is 0. The van der Waals surface area contributed by atoms with Crippen LogP contribution < -0.4 is 10.4 Å². The molecule has 1 aliphatic carbocycles. The van der Waals surface area contributed by atoms with Crippen molar-refractivity contribution in [2.75, 3.05) is 0 Å². The normalized spacial score (nSPS) is 14.4. The van der Waals surface area contributed by atoms with Crippen molar-refractivity contribution in [2.24, 2.45) is 5.41 Å². The highest BCUT2D eigenvalue weighted by Crippen LogP contribution is 2.44. The maximum absolute atomic E-state index is 2.52. The summed E-state index contributed by atoms with van der Waals surface area (Å²) in [5.74, 6) is 0. The minimum absolute atomic E-state index is 0.0981. The molecule has 0 unspecified atom stereocenters. The molecule has 0 heterocycles. The van der Waals surface area contributed by atoms with Gasteiger partial charge in [0.1, 0.15) is 0 Å². The van der Waals surface area contributed by atoms with Crippen LogP contribution in [0, 0.1) is 12.3 Å². The van der Waals surface area contributed by atoms with Gasteiger partial charge in [-0.1, -0.05) is 133 Å². The summed E-state index contributed by atoms with van der Waals surface area (Å²) in [7, 11) is -1.05. The minimum Gasteiger partial charge on any atom is -0.0799 e. The summed E-state index contributed by atoms with van der Waals surface area (Å²) < 4.78 is 0. The molecule has 0 aromatic heterocycles. The Balaban J connectivity index is 1.91. The first-order valence-corrected chi connectivity index (χ1v) is 11.9. The molecule has 0 saturated heterocycles. The smallest absolute Gasteiger partial charge is 0.0799 e. The molecule has 0 bridgehead atoms. The maximum atomic E-state index is 2.52. The summed E-state index contributed by atoms with van der Waals surface area (Å²) in [6.45, 7) is 9.29. The summed E-state index contributed by atoms with van der Waals surface area (Å²) in [5.41, 5.74) is 5.85. The molecule has 0 saturated carbocycles. The molecule has 0 fully saturated rings. The van der Waals surface area contributed by atoms with Crippen LogP contribution in [0.3, 0.4) is 0 Å². The van der Waals surface area contributed by atoms with E-state index in [1.807, 2.05) is 0 Å². The van der Waals surface area contributed by atoms with Crippen molar-refractivity contribution in [3.8, 4) is 0 Å². The summed E-state index contributed by atoms with van der Waals surface area (Å²) in [6.07, 6.45) is 3.55. The molecule has 145 valence electrons. The van der Waals surface area contributed by atoms with Gasteiger partial charge in [-0.05, 0) is 35.5 Å². The molecule has 0 amide bonds. The van der Waals surface area contributed by atoms with Crippen LogP contribution in [0.1, 0.15) is 38.3 Å². The van der Waals surface area contributed by atoms with Crippen LogP contribution in [0.4, 0.5) is 0 Å². The SMILES string of the molecule is Cc1cccc(C2=C(C(C)(C)C)C([Si](c3ccccc3)c3ccccc3)=CC2)c1. The molecule has 4 rings (SSSR count). The maximum Gasteiger partial charge on any atom is 0.154 e. The van der Waals surface area contributed by atoms with E-state index < -0.39 is 8.80 Å². The lowest BCUT2D eigenvalue weighted by Gasteiger charge is -2.30. The first-order valence-electron chi connectivity index (χ1n) is 10.4. The molecule has 0 atom stereocenters. The first-order chi connectivity index (χ1) is 13.9. The number of rotatable bonds is 4. The average Bonchev–Trinajstić information content (AvgIpc) is 3.15. The van der Waals surface area contributed by atoms with Crippen molar-refractivity contribution in [1.82, 2.24) is 0 Å². The van der Waals surface area contributed by atoms with E-state index in [-0.39, 0.29) is 5.41 Å². The van der Waals surface area contributed by atoms with Gasteiger partial charge < -0.3 is 0 Å². The van der Waals surface area contributed by atoms with Crippen LogP contribution in [0.15, 0.2) is 102 Å². The van der Waals surface area contributed by atoms with Crippen molar-refractivity contribution in [3.63, 3.8) is 0 Å². The summed E-state index contributed by atoms with van der Waals surface area (Å²) in [5, 5.41) is 4.49. The second kappa shape index (κ2) is 8.00. The van der Waals surface area contributed by atoms with E-state index in [4.69, 9.17) is 0 Å². The fourth-order valence-corrected chi connectivity index (χ4v) is 7.53. The number of hydrogen-bond acceptors (Lipinski definition) is 0. The molecule has 3 aromatic carbocycles. The minimum atomic E-state index is -1.05. The quantitative estimate of drug-likeness (QED) is 0.479. The monoisotopic (exact) mass is 393 g/mol. The van der Waals surface area contributed by atoms with E-state index >= 15 is 0 Å². The highest BCUT2D eigenvalue weighted by Gasteiger charge is 2.34. The van der Waals surface area contributed by atoms with Gasteiger partial charge in [0.25, 0.3) is 0 Å². The molecule has 1 heteroatoms. The Morgan fingerprint density at radius 1 is 0.724 bits per heavy atom. The van der Waals surface area contributed by atoms with E-state index in [1.165, 1.54) is 27.1 Å². The largest absolute Gasteiger partial charge is 0.154 e. The van der Waals surface area contributed by atoms with Gasteiger partial charge in [-0.15, -0.1) is 0 Å². The number of allylic oxidation sites excluding steroid dienone is 4. The second-order valence-electron chi connectivity index (χ2n) is 8.90. The second-order valence-corrected chi connectivity index (χ2v) is 11.3. The molecule has 0 nitrogen and oxygen atoms in total. The Morgan fingerprint density at radius 3 is 1.83 bits per heavy atom. The number of benzene rings is 3. The lowest BCUT2D eigenvalue weighted by molar-refractivity contribution is 0.517. The van der Waals surface area contributed by atoms with Gasteiger partial charge in [-0.2, -0.15) is 0 Å². The third kappa shape index (κ3) is 4.06. The predicted molar refractivity (Wildman–Crippen MR) is 128 cm³/mol. The van der Waals surface area contributed by atoms with Gasteiger partial charge in [0, 0.05) is 0 Å². The Bertz CT molecular complexity index is 1010. The van der Waals surface area contributed by atoms with Crippen molar-refractivity contribution in [2.45, 2.75) is 34.1 Å². The van der Waals surface area contributed by atoms with Gasteiger partial charge in [0.15, 0.2) is 8.80 Å². The van der Waals surface area contributed by atoms with Crippen molar-refractivity contribution in [1.29, 1.82) is 0 Å². The lowest BCUT2D eigenvalue weighted by Crippen LogP contribution is -2.45. The van der Waals surface area contributed by atoms with Crippen LogP contribution in [0.5, 0.6) is 0 Å². The lowest BCUT2D eigenvalue weighted by atomic mass is 9.82. The zero-order chi connectivity index (χ0) is 20.4. The van der Waals surface area contributed by atoms with Gasteiger partial charge in [0.05, 0.1) is 0 Å². The fourth-order valence-electron chi connectivity index (χ4n) is 4.44. The third-order valence-electron chi connectivity index (χ3n) is 5.59. The van der Waals surface area contributed by atoms with Crippen molar-refractivity contribution in [3.05, 3.63) is 113 Å². The van der Waals surface area contributed by atoms with E-state index in [1.54, 1.807) is 10.8 Å². The fraction of sp³-hybridized carbons (Fsp3) is 0.214. The Morgan fingerprint density at radius 2 is 1.31 bits per heavy atom. The van der Waals surface area contributed by atoms with E-state index in [0.717, 1.165) is 6.42 Å². The van der Waals surface area contributed by atoms with Gasteiger partial charge in [0.2, 0.25) is 0 Å². The molecule has 0 N–H and O–H groups in total. The summed E-state index contributed by atoms with van der Waals surface area (Å²) >= 11 is 0. The van der Waals surface area contributed by atoms with E-state index in [2.05, 4.69) is 119 Å². The molecule has 1 aliphatic rings. The number of aryl methyl sites for hydroxylation is 1. The van der Waals surface area contributed by atoms with Crippen molar-refractivity contribution >= 4 is 24.7 Å². The summed E-state index contributed by atoms with van der Waals surface area (Å²) in [6, 6.07) is 31.2. The molecular formula is C28H29Si. The third-order valence-corrected chi connectivity index (χ3v) is 8.41. The molecule has 0 spiro atoms. The highest BCUT2D eigenvalue weighted by atomic mass is 28.3. The van der Waals surface area contributed by atoms with Crippen LogP contribution in [-0.4, -0.2) is 8.80 Å². The van der Waals surface area contributed by atoms with Gasteiger partial charge in [-0.3, -0.25) is 0 Å².